The molecule has 1 aliphatic heterocycles. The molecule has 5 nitrogen and oxygen atoms in total. The van der Waals surface area contributed by atoms with Crippen LogP contribution in [0, 0.1) is 6.42 Å². The van der Waals surface area contributed by atoms with Crippen LogP contribution in [0.4, 0.5) is 4.79 Å². The zero-order valence-corrected chi connectivity index (χ0v) is 9.19. The average molecular weight is 214 g/mol. The molecule has 5 heteroatoms. The average Bonchev–Trinajstić information content (AvgIpc) is 2.47. The largest absolute Gasteiger partial charge is 0.480 e. The quantitative estimate of drug-likeness (QED) is 0.714. The SMILES string of the molecule is CC(C)(C)OC(=O)N1CC[CH][C@H]1C(=O)O. The lowest BCUT2D eigenvalue weighted by molar-refractivity contribution is -0.141. The molecule has 85 valence electrons. The maximum absolute atomic E-state index is 11.6. The molecule has 1 amide bonds. The van der Waals surface area contributed by atoms with Crippen molar-refractivity contribution in [2.24, 2.45) is 0 Å². The third kappa shape index (κ3) is 3.11. The van der Waals surface area contributed by atoms with Crippen LogP contribution in [-0.2, 0) is 9.53 Å². The van der Waals surface area contributed by atoms with Crippen molar-refractivity contribution in [3.05, 3.63) is 6.42 Å². The maximum atomic E-state index is 11.6. The number of aliphatic carboxylic acids is 1. The highest BCUT2D eigenvalue weighted by Crippen LogP contribution is 2.19. The summed E-state index contributed by atoms with van der Waals surface area (Å²) in [5.41, 5.74) is -0.595. The summed E-state index contributed by atoms with van der Waals surface area (Å²) in [4.78, 5) is 23.6. The van der Waals surface area contributed by atoms with Gasteiger partial charge in [0.05, 0.1) is 0 Å². The van der Waals surface area contributed by atoms with Gasteiger partial charge in [0.15, 0.2) is 0 Å². The second-order valence-electron chi connectivity index (χ2n) is 4.48. The van der Waals surface area contributed by atoms with E-state index in [1.54, 1.807) is 27.2 Å². The Labute approximate surface area is 89.0 Å². The lowest BCUT2D eigenvalue weighted by atomic mass is 10.2. The van der Waals surface area contributed by atoms with Crippen LogP contribution in [0.25, 0.3) is 0 Å². The number of amides is 1. The Kier molecular flexibility index (Phi) is 3.21. The molecule has 0 aromatic rings. The molecule has 1 N–H and O–H groups in total. The number of carbonyl (C=O) groups is 2. The van der Waals surface area contributed by atoms with Gasteiger partial charge in [-0.1, -0.05) is 0 Å². The first-order chi connectivity index (χ1) is 6.81. The number of carboxylic acids is 1. The first kappa shape index (κ1) is 11.8. The smallest absolute Gasteiger partial charge is 0.411 e. The summed E-state index contributed by atoms with van der Waals surface area (Å²) in [6.45, 7) is 5.66. The predicted octanol–water partition coefficient (Wildman–Crippen LogP) is 1.28. The number of hydrogen-bond donors (Lipinski definition) is 1. The Balaban J connectivity index is 2.63. The van der Waals surface area contributed by atoms with Gasteiger partial charge in [-0.05, 0) is 33.6 Å². The molecule has 0 aromatic heterocycles. The lowest BCUT2D eigenvalue weighted by Crippen LogP contribution is -2.43. The number of carbonyl (C=O) groups excluding carboxylic acids is 1. The van der Waals surface area contributed by atoms with Crippen molar-refractivity contribution in [2.75, 3.05) is 6.54 Å². The summed E-state index contributed by atoms with van der Waals surface area (Å²) in [7, 11) is 0. The van der Waals surface area contributed by atoms with Crippen LogP contribution >= 0.6 is 0 Å². The predicted molar refractivity (Wildman–Crippen MR) is 53.3 cm³/mol. The number of likely N-dealkylation sites (tertiary alicyclic amines) is 1. The minimum absolute atomic E-state index is 0.409. The zero-order chi connectivity index (χ0) is 11.6. The molecule has 0 aromatic carbocycles. The van der Waals surface area contributed by atoms with Crippen molar-refractivity contribution < 1.29 is 19.4 Å². The van der Waals surface area contributed by atoms with Gasteiger partial charge in [0, 0.05) is 6.54 Å². The molecule has 0 aliphatic carbocycles. The number of nitrogens with zero attached hydrogens (tertiary/aromatic N) is 1. The van der Waals surface area contributed by atoms with Crippen LogP contribution in [-0.4, -0.2) is 40.3 Å². The first-order valence-electron chi connectivity index (χ1n) is 4.87. The van der Waals surface area contributed by atoms with Crippen molar-refractivity contribution >= 4 is 12.1 Å². The maximum Gasteiger partial charge on any atom is 0.411 e. The van der Waals surface area contributed by atoms with E-state index in [4.69, 9.17) is 9.84 Å². The van der Waals surface area contributed by atoms with E-state index in [1.165, 1.54) is 4.90 Å². The third-order valence-corrected chi connectivity index (χ3v) is 1.98. The standard InChI is InChI=1S/C10H16NO4/c1-10(2,3)15-9(14)11-6-4-5-7(11)8(12)13/h5,7H,4,6H2,1-3H3,(H,12,13)/t7-/m0/s1. The Morgan fingerprint density at radius 2 is 2.07 bits per heavy atom. The van der Waals surface area contributed by atoms with Gasteiger partial charge in [-0.15, -0.1) is 0 Å². The summed E-state index contributed by atoms with van der Waals surface area (Å²) in [5.74, 6) is -1.02. The van der Waals surface area contributed by atoms with Gasteiger partial charge in [-0.2, -0.15) is 0 Å². The van der Waals surface area contributed by atoms with Crippen LogP contribution in [0.1, 0.15) is 27.2 Å². The zero-order valence-electron chi connectivity index (χ0n) is 9.19. The minimum atomic E-state index is -1.02. The van der Waals surface area contributed by atoms with E-state index < -0.39 is 23.7 Å². The van der Waals surface area contributed by atoms with E-state index in [2.05, 4.69) is 0 Å². The highest BCUT2D eigenvalue weighted by Gasteiger charge is 2.36. The minimum Gasteiger partial charge on any atom is -0.480 e. The van der Waals surface area contributed by atoms with E-state index in [0.717, 1.165) is 0 Å². The van der Waals surface area contributed by atoms with Gasteiger partial charge < -0.3 is 9.84 Å². The molecule has 0 bridgehead atoms. The highest BCUT2D eigenvalue weighted by molar-refractivity contribution is 5.82. The van der Waals surface area contributed by atoms with Gasteiger partial charge in [0.2, 0.25) is 0 Å². The number of carboxylic acid groups (broad SMARTS) is 1. The molecule has 1 aliphatic rings. The highest BCUT2D eigenvalue weighted by atomic mass is 16.6. The number of rotatable bonds is 1. The van der Waals surface area contributed by atoms with Crippen molar-refractivity contribution in [2.45, 2.75) is 38.8 Å². The molecule has 0 spiro atoms. The monoisotopic (exact) mass is 214 g/mol. The molecule has 0 saturated carbocycles. The fraction of sp³-hybridized carbons (Fsp3) is 0.700. The van der Waals surface area contributed by atoms with E-state index in [9.17, 15) is 9.59 Å². The Bertz CT molecular complexity index is 269. The summed E-state index contributed by atoms with van der Waals surface area (Å²) in [5, 5.41) is 8.85. The summed E-state index contributed by atoms with van der Waals surface area (Å²) in [6, 6.07) is -0.847. The van der Waals surface area contributed by atoms with Crippen molar-refractivity contribution in [1.29, 1.82) is 0 Å². The normalized spacial score (nSPS) is 21.5. The van der Waals surface area contributed by atoms with Crippen LogP contribution < -0.4 is 0 Å². The first-order valence-corrected chi connectivity index (χ1v) is 4.87. The molecule has 1 rings (SSSR count). The Morgan fingerprint density at radius 3 is 2.53 bits per heavy atom. The molecule has 0 unspecified atom stereocenters. The van der Waals surface area contributed by atoms with Gasteiger partial charge in [0.1, 0.15) is 11.6 Å². The fourth-order valence-corrected chi connectivity index (χ4v) is 1.40. The molecule has 1 radical (unpaired) electrons. The summed E-state index contributed by atoms with van der Waals surface area (Å²) < 4.78 is 5.11. The molecule has 1 fully saturated rings. The number of ether oxygens (including phenoxy) is 1. The van der Waals surface area contributed by atoms with Gasteiger partial charge in [-0.25, -0.2) is 9.59 Å². The van der Waals surface area contributed by atoms with Crippen LogP contribution in [0.5, 0.6) is 0 Å². The second kappa shape index (κ2) is 4.08. The third-order valence-electron chi connectivity index (χ3n) is 1.98. The van der Waals surface area contributed by atoms with Gasteiger partial charge in [-0.3, -0.25) is 4.90 Å². The van der Waals surface area contributed by atoms with Crippen LogP contribution in [0.3, 0.4) is 0 Å². The van der Waals surface area contributed by atoms with Gasteiger partial charge >= 0.3 is 12.1 Å². The fourth-order valence-electron chi connectivity index (χ4n) is 1.40. The topological polar surface area (TPSA) is 66.8 Å². The van der Waals surface area contributed by atoms with E-state index in [-0.39, 0.29) is 0 Å². The van der Waals surface area contributed by atoms with Crippen molar-refractivity contribution in [3.63, 3.8) is 0 Å². The lowest BCUT2D eigenvalue weighted by Gasteiger charge is -2.26. The van der Waals surface area contributed by atoms with E-state index in [0.29, 0.717) is 13.0 Å². The molecule has 1 saturated heterocycles. The van der Waals surface area contributed by atoms with Crippen LogP contribution in [0.15, 0.2) is 0 Å². The number of hydrogen-bond acceptors (Lipinski definition) is 3. The van der Waals surface area contributed by atoms with E-state index >= 15 is 0 Å². The Hall–Kier alpha value is -1.26. The van der Waals surface area contributed by atoms with Crippen molar-refractivity contribution in [3.8, 4) is 0 Å². The molecule has 1 atom stereocenters. The molecule has 1 heterocycles. The molecular weight excluding hydrogens is 198 g/mol. The van der Waals surface area contributed by atoms with Crippen molar-refractivity contribution in [1.82, 2.24) is 4.90 Å². The summed E-state index contributed by atoms with van der Waals surface area (Å²) in [6.07, 6.45) is 1.63. The summed E-state index contributed by atoms with van der Waals surface area (Å²) >= 11 is 0. The van der Waals surface area contributed by atoms with Crippen LogP contribution in [0.2, 0.25) is 0 Å². The second-order valence-corrected chi connectivity index (χ2v) is 4.48. The molecule has 15 heavy (non-hydrogen) atoms. The molecular formula is C10H16NO4. The Morgan fingerprint density at radius 1 is 1.47 bits per heavy atom. The van der Waals surface area contributed by atoms with Gasteiger partial charge in [0.25, 0.3) is 0 Å². The van der Waals surface area contributed by atoms with E-state index in [1.807, 2.05) is 0 Å².